The van der Waals surface area contributed by atoms with Crippen molar-refractivity contribution in [3.8, 4) is 11.5 Å². The van der Waals surface area contributed by atoms with Gasteiger partial charge >= 0.3 is 0 Å². The molecule has 1 saturated heterocycles. The van der Waals surface area contributed by atoms with E-state index in [2.05, 4.69) is 15.9 Å². The zero-order chi connectivity index (χ0) is 21.1. The van der Waals surface area contributed by atoms with Crippen LogP contribution in [-0.4, -0.2) is 35.1 Å². The number of non-ortho nitro benzene ring substituents is 1. The Morgan fingerprint density at radius 1 is 1.28 bits per heavy atom. The van der Waals surface area contributed by atoms with E-state index in [9.17, 15) is 19.7 Å². The van der Waals surface area contributed by atoms with E-state index in [4.69, 9.17) is 9.47 Å². The summed E-state index contributed by atoms with van der Waals surface area (Å²) in [5.41, 5.74) is 1.27. The number of benzene rings is 2. The quantitative estimate of drug-likeness (QED) is 0.339. The van der Waals surface area contributed by atoms with Gasteiger partial charge in [0.2, 0.25) is 0 Å². The zero-order valence-electron chi connectivity index (χ0n) is 15.4. The topological polar surface area (TPSA) is 99.0 Å². The molecule has 0 unspecified atom stereocenters. The first-order valence-electron chi connectivity index (χ1n) is 8.25. The van der Waals surface area contributed by atoms with E-state index in [-0.39, 0.29) is 23.4 Å². The van der Waals surface area contributed by atoms with Gasteiger partial charge in [0, 0.05) is 19.2 Å². The number of ether oxygens (including phenoxy) is 2. The molecule has 2 aromatic rings. The molecule has 150 valence electrons. The van der Waals surface area contributed by atoms with Crippen molar-refractivity contribution in [1.82, 2.24) is 4.90 Å². The maximum absolute atomic E-state index is 12.1. The fourth-order valence-electron chi connectivity index (χ4n) is 2.58. The molecule has 29 heavy (non-hydrogen) atoms. The smallest absolute Gasteiger partial charge is 0.293 e. The predicted octanol–water partition coefficient (Wildman–Crippen LogP) is 4.61. The molecule has 10 heteroatoms. The van der Waals surface area contributed by atoms with Gasteiger partial charge in [0.15, 0.2) is 11.5 Å². The number of hydrogen-bond donors (Lipinski definition) is 0. The number of amides is 2. The van der Waals surface area contributed by atoms with E-state index < -0.39 is 4.92 Å². The van der Waals surface area contributed by atoms with Gasteiger partial charge in [-0.05, 0) is 57.0 Å². The maximum atomic E-state index is 12.1. The molecule has 2 aromatic carbocycles. The molecule has 2 amide bonds. The summed E-state index contributed by atoms with van der Waals surface area (Å²) in [6.45, 7) is 0.102. The predicted molar refractivity (Wildman–Crippen MR) is 112 cm³/mol. The third kappa shape index (κ3) is 4.60. The first-order valence-corrected chi connectivity index (χ1v) is 9.86. The fourth-order valence-corrected chi connectivity index (χ4v) is 3.98. The number of likely N-dealkylation sites (N-methyl/N-ethyl adjacent to an activating group) is 1. The number of imide groups is 1. The van der Waals surface area contributed by atoms with E-state index in [1.165, 1.54) is 26.3 Å². The van der Waals surface area contributed by atoms with Gasteiger partial charge in [-0.3, -0.25) is 24.6 Å². The SMILES string of the molecule is COc1cc(/C=C2\SC(=O)N(C)C2=O)cc(Br)c1OCc1cccc([N+](=O)[O-])c1. The minimum absolute atomic E-state index is 0.0163. The number of nitro groups is 1. The van der Waals surface area contributed by atoms with Gasteiger partial charge in [0.05, 0.1) is 21.4 Å². The number of carbonyl (C=O) groups excluding carboxylic acids is 2. The molecular formula is C19H15BrN2O6S. The summed E-state index contributed by atoms with van der Waals surface area (Å²) in [5.74, 6) is 0.465. The summed E-state index contributed by atoms with van der Waals surface area (Å²) in [7, 11) is 2.91. The molecule has 1 fully saturated rings. The van der Waals surface area contributed by atoms with Gasteiger partial charge in [-0.1, -0.05) is 12.1 Å². The van der Waals surface area contributed by atoms with Crippen molar-refractivity contribution in [3.63, 3.8) is 0 Å². The molecule has 0 atom stereocenters. The Labute approximate surface area is 178 Å². The van der Waals surface area contributed by atoms with Gasteiger partial charge in [-0.25, -0.2) is 0 Å². The lowest BCUT2D eigenvalue weighted by atomic mass is 10.1. The van der Waals surface area contributed by atoms with Crippen molar-refractivity contribution in [2.24, 2.45) is 0 Å². The highest BCUT2D eigenvalue weighted by Gasteiger charge is 2.31. The first kappa shape index (κ1) is 20.9. The second-order valence-electron chi connectivity index (χ2n) is 5.99. The number of rotatable bonds is 6. The number of hydrogen-bond acceptors (Lipinski definition) is 7. The summed E-state index contributed by atoms with van der Waals surface area (Å²) >= 11 is 4.29. The summed E-state index contributed by atoms with van der Waals surface area (Å²) in [6.07, 6.45) is 1.60. The molecule has 0 bridgehead atoms. The number of nitrogens with zero attached hydrogens (tertiary/aromatic N) is 2. The minimum atomic E-state index is -0.465. The summed E-state index contributed by atoms with van der Waals surface area (Å²) < 4.78 is 11.8. The molecule has 0 aromatic heterocycles. The summed E-state index contributed by atoms with van der Waals surface area (Å²) in [4.78, 5) is 35.5. The highest BCUT2D eigenvalue weighted by Crippen LogP contribution is 2.39. The molecule has 0 N–H and O–H groups in total. The van der Waals surface area contributed by atoms with Gasteiger partial charge < -0.3 is 9.47 Å². The molecule has 8 nitrogen and oxygen atoms in total. The molecule has 0 saturated carbocycles. The van der Waals surface area contributed by atoms with Crippen LogP contribution in [0.1, 0.15) is 11.1 Å². The van der Waals surface area contributed by atoms with Crippen molar-refractivity contribution in [3.05, 3.63) is 67.0 Å². The van der Waals surface area contributed by atoms with E-state index in [0.29, 0.717) is 32.0 Å². The molecule has 0 spiro atoms. The van der Waals surface area contributed by atoms with Gasteiger partial charge in [0.25, 0.3) is 16.8 Å². The van der Waals surface area contributed by atoms with Crippen molar-refractivity contribution in [2.75, 3.05) is 14.2 Å². The van der Waals surface area contributed by atoms with Crippen LogP contribution in [0.15, 0.2) is 45.8 Å². The Morgan fingerprint density at radius 2 is 2.03 bits per heavy atom. The molecule has 3 rings (SSSR count). The van der Waals surface area contributed by atoms with Gasteiger partial charge in [0.1, 0.15) is 6.61 Å². The lowest BCUT2D eigenvalue weighted by molar-refractivity contribution is -0.384. The van der Waals surface area contributed by atoms with Gasteiger partial charge in [-0.15, -0.1) is 0 Å². The second-order valence-corrected chi connectivity index (χ2v) is 7.84. The molecule has 1 aliphatic rings. The Bertz CT molecular complexity index is 1040. The number of halogens is 1. The third-order valence-electron chi connectivity index (χ3n) is 4.04. The summed E-state index contributed by atoms with van der Waals surface area (Å²) in [5, 5.41) is 10.6. The highest BCUT2D eigenvalue weighted by molar-refractivity contribution is 9.10. The molecular weight excluding hydrogens is 464 g/mol. The van der Waals surface area contributed by atoms with E-state index in [1.807, 2.05) is 0 Å². The van der Waals surface area contributed by atoms with Gasteiger partial charge in [-0.2, -0.15) is 0 Å². The van der Waals surface area contributed by atoms with Crippen LogP contribution in [0.4, 0.5) is 10.5 Å². The third-order valence-corrected chi connectivity index (χ3v) is 5.59. The van der Waals surface area contributed by atoms with Crippen molar-refractivity contribution < 1.29 is 24.0 Å². The molecule has 0 aliphatic carbocycles. The first-order chi connectivity index (χ1) is 13.8. The van der Waals surface area contributed by atoms with E-state index in [0.717, 1.165) is 16.7 Å². The lowest BCUT2D eigenvalue weighted by Gasteiger charge is -2.14. The highest BCUT2D eigenvalue weighted by atomic mass is 79.9. The maximum Gasteiger partial charge on any atom is 0.293 e. The lowest BCUT2D eigenvalue weighted by Crippen LogP contribution is -2.22. The average molecular weight is 479 g/mol. The fraction of sp³-hybridized carbons (Fsp3) is 0.158. The largest absolute Gasteiger partial charge is 0.493 e. The van der Waals surface area contributed by atoms with Crippen LogP contribution in [0, 0.1) is 10.1 Å². The Hall–Kier alpha value is -2.85. The number of carbonyl (C=O) groups is 2. The minimum Gasteiger partial charge on any atom is -0.493 e. The van der Waals surface area contributed by atoms with Crippen LogP contribution < -0.4 is 9.47 Å². The van der Waals surface area contributed by atoms with Crippen LogP contribution in [0.5, 0.6) is 11.5 Å². The van der Waals surface area contributed by atoms with Crippen LogP contribution in [-0.2, 0) is 11.4 Å². The van der Waals surface area contributed by atoms with E-state index in [1.54, 1.807) is 30.3 Å². The number of thioether (sulfide) groups is 1. The van der Waals surface area contributed by atoms with Crippen LogP contribution in [0.25, 0.3) is 6.08 Å². The molecule has 1 aliphatic heterocycles. The Morgan fingerprint density at radius 3 is 2.66 bits per heavy atom. The Balaban J connectivity index is 1.84. The van der Waals surface area contributed by atoms with Crippen molar-refractivity contribution >= 4 is 50.6 Å². The zero-order valence-corrected chi connectivity index (χ0v) is 17.8. The normalized spacial score (nSPS) is 15.1. The average Bonchev–Trinajstić information content (AvgIpc) is 2.93. The Kier molecular flexibility index (Phi) is 6.23. The number of methoxy groups -OCH3 is 1. The van der Waals surface area contributed by atoms with Crippen molar-refractivity contribution in [2.45, 2.75) is 6.61 Å². The standard InChI is InChI=1S/C19H15BrN2O6S/c1-21-18(23)16(29-19(21)24)9-12-7-14(20)17(15(8-12)27-2)28-10-11-4-3-5-13(6-11)22(25)26/h3-9H,10H2,1-2H3/b16-9-. The number of nitro benzene ring substituents is 1. The van der Waals surface area contributed by atoms with Crippen LogP contribution in [0.2, 0.25) is 0 Å². The summed E-state index contributed by atoms with van der Waals surface area (Å²) in [6, 6.07) is 9.57. The monoisotopic (exact) mass is 478 g/mol. The van der Waals surface area contributed by atoms with Crippen molar-refractivity contribution in [1.29, 1.82) is 0 Å². The van der Waals surface area contributed by atoms with Crippen LogP contribution in [0.3, 0.4) is 0 Å². The molecule has 1 heterocycles. The van der Waals surface area contributed by atoms with Crippen LogP contribution >= 0.6 is 27.7 Å². The molecule has 0 radical (unpaired) electrons. The van der Waals surface area contributed by atoms with E-state index >= 15 is 0 Å². The second kappa shape index (κ2) is 8.66.